The maximum Gasteiger partial charge on any atom is 0.235 e. The molecule has 4 heteroatoms. The minimum atomic E-state index is 0.460. The molecule has 13 heavy (non-hydrogen) atoms. The van der Waals surface area contributed by atoms with Crippen molar-refractivity contribution >= 4 is 44.7 Å². The van der Waals surface area contributed by atoms with Crippen molar-refractivity contribution in [3.05, 3.63) is 33.4 Å². The zero-order chi connectivity index (χ0) is 9.42. The zero-order valence-electron chi connectivity index (χ0n) is 6.40. The van der Waals surface area contributed by atoms with Crippen LogP contribution in [0, 0.1) is 0 Å². The van der Waals surface area contributed by atoms with Gasteiger partial charge in [-0.05, 0) is 28.1 Å². The second-order valence-electron chi connectivity index (χ2n) is 2.59. The number of halogens is 2. The first kappa shape index (κ1) is 8.78. The lowest BCUT2D eigenvalue weighted by atomic mass is 10.2. The summed E-state index contributed by atoms with van der Waals surface area (Å²) in [6.07, 6.45) is 3.42. The lowest BCUT2D eigenvalue weighted by Crippen LogP contribution is -1.78. The number of aromatic amines is 1. The van der Waals surface area contributed by atoms with Crippen molar-refractivity contribution in [2.75, 3.05) is 0 Å². The second-order valence-corrected chi connectivity index (χ2v) is 3.82. The molecule has 1 heterocycles. The van der Waals surface area contributed by atoms with E-state index in [4.69, 9.17) is 11.6 Å². The van der Waals surface area contributed by atoms with Gasteiger partial charge in [-0.3, -0.25) is 4.79 Å². The fraction of sp³-hybridized carbons (Fsp3) is 0. The number of nitrogens with one attached hydrogen (secondary N) is 1. The monoisotopic (exact) mass is 256 g/mol. The van der Waals surface area contributed by atoms with Gasteiger partial charge in [0.05, 0.1) is 10.6 Å². The Morgan fingerprint density at radius 3 is 2.92 bits per heavy atom. The minimum Gasteiger partial charge on any atom is -0.360 e. The molecule has 1 aromatic carbocycles. The summed E-state index contributed by atoms with van der Waals surface area (Å²) in [5, 5.41) is 1.25. The van der Waals surface area contributed by atoms with Gasteiger partial charge in [-0.1, -0.05) is 11.6 Å². The molecule has 0 unspecified atom stereocenters. The number of fused-ring (bicyclic) bond motifs is 1. The van der Waals surface area contributed by atoms with E-state index in [2.05, 4.69) is 20.9 Å². The van der Waals surface area contributed by atoms with Crippen LogP contribution in [-0.4, -0.2) is 11.3 Å². The van der Waals surface area contributed by atoms with E-state index in [0.29, 0.717) is 16.0 Å². The Morgan fingerprint density at radius 2 is 2.23 bits per heavy atom. The van der Waals surface area contributed by atoms with Crippen molar-refractivity contribution in [2.24, 2.45) is 0 Å². The van der Waals surface area contributed by atoms with Crippen molar-refractivity contribution in [2.45, 2.75) is 0 Å². The quantitative estimate of drug-likeness (QED) is 0.837. The molecule has 2 rings (SSSR count). The van der Waals surface area contributed by atoms with Crippen LogP contribution < -0.4 is 0 Å². The van der Waals surface area contributed by atoms with Crippen LogP contribution in [0.2, 0.25) is 5.02 Å². The largest absolute Gasteiger partial charge is 0.360 e. The van der Waals surface area contributed by atoms with Crippen molar-refractivity contribution in [3.63, 3.8) is 0 Å². The summed E-state index contributed by atoms with van der Waals surface area (Å²) >= 11 is 9.29. The predicted molar refractivity (Wildman–Crippen MR) is 55.8 cm³/mol. The molecule has 0 fully saturated rings. The third-order valence-electron chi connectivity index (χ3n) is 1.85. The topological polar surface area (TPSA) is 32.9 Å². The molecule has 2 aromatic rings. The Kier molecular flexibility index (Phi) is 2.14. The van der Waals surface area contributed by atoms with E-state index >= 15 is 0 Å². The smallest absolute Gasteiger partial charge is 0.235 e. The molecule has 65 valence electrons. The fourth-order valence-electron chi connectivity index (χ4n) is 1.24. The molecule has 2 nitrogen and oxygen atoms in total. The number of hydrogen-bond donors (Lipinski definition) is 1. The van der Waals surface area contributed by atoms with Crippen molar-refractivity contribution in [1.82, 2.24) is 4.98 Å². The van der Waals surface area contributed by atoms with Gasteiger partial charge in [-0.2, -0.15) is 0 Å². The molecule has 0 spiro atoms. The number of benzene rings is 1. The van der Waals surface area contributed by atoms with E-state index in [1.165, 1.54) is 0 Å². The van der Waals surface area contributed by atoms with Crippen LogP contribution in [0.25, 0.3) is 10.9 Å². The summed E-state index contributed by atoms with van der Waals surface area (Å²) in [7, 11) is 0. The maximum absolute atomic E-state index is 10.5. The number of rotatable bonds is 1. The third kappa shape index (κ3) is 1.28. The number of aromatic nitrogens is 1. The molecule has 0 bridgehead atoms. The van der Waals surface area contributed by atoms with Crippen molar-refractivity contribution < 1.29 is 4.79 Å². The Labute approximate surface area is 88.0 Å². The van der Waals surface area contributed by atoms with E-state index in [0.717, 1.165) is 9.99 Å². The highest BCUT2D eigenvalue weighted by molar-refractivity contribution is 9.10. The molecular formula is C9H4BrClNO. The van der Waals surface area contributed by atoms with Gasteiger partial charge < -0.3 is 4.98 Å². The molecule has 1 aromatic heterocycles. The van der Waals surface area contributed by atoms with Gasteiger partial charge in [0, 0.05) is 21.6 Å². The maximum atomic E-state index is 10.5. The van der Waals surface area contributed by atoms with Crippen LogP contribution in [0.3, 0.4) is 0 Å². The summed E-state index contributed by atoms with van der Waals surface area (Å²) in [4.78, 5) is 13.5. The van der Waals surface area contributed by atoms with E-state index in [1.54, 1.807) is 6.20 Å². The van der Waals surface area contributed by atoms with Crippen LogP contribution in [0.15, 0.2) is 22.8 Å². The molecule has 0 aliphatic heterocycles. The van der Waals surface area contributed by atoms with E-state index in [9.17, 15) is 4.79 Å². The molecule has 0 saturated carbocycles. The van der Waals surface area contributed by atoms with Gasteiger partial charge in [0.15, 0.2) is 0 Å². The summed E-state index contributed by atoms with van der Waals surface area (Å²) < 4.78 is 0.776. The highest BCUT2D eigenvalue weighted by Crippen LogP contribution is 2.32. The second kappa shape index (κ2) is 3.16. The van der Waals surface area contributed by atoms with Gasteiger partial charge in [0.2, 0.25) is 6.29 Å². The standard InChI is InChI=1S/C9H4BrClNO/c10-6-1-2-7-8(9(6)11)5(4-13)3-12-7/h1-3,12H. The van der Waals surface area contributed by atoms with Crippen LogP contribution in [0.1, 0.15) is 5.56 Å². The predicted octanol–water partition coefficient (Wildman–Crippen LogP) is 3.04. The van der Waals surface area contributed by atoms with Gasteiger partial charge in [-0.15, -0.1) is 0 Å². The van der Waals surface area contributed by atoms with E-state index < -0.39 is 0 Å². The minimum absolute atomic E-state index is 0.460. The molecule has 0 saturated heterocycles. The molecule has 0 amide bonds. The normalized spacial score (nSPS) is 10.6. The number of H-pyrrole nitrogens is 1. The fourth-order valence-corrected chi connectivity index (χ4v) is 1.83. The number of hydrogen-bond acceptors (Lipinski definition) is 1. The van der Waals surface area contributed by atoms with Crippen LogP contribution in [0.4, 0.5) is 0 Å². The first-order valence-electron chi connectivity index (χ1n) is 3.57. The van der Waals surface area contributed by atoms with Crippen LogP contribution in [-0.2, 0) is 4.79 Å². The summed E-state index contributed by atoms with van der Waals surface area (Å²) in [6, 6.07) is 3.68. The van der Waals surface area contributed by atoms with E-state index in [1.807, 2.05) is 18.4 Å². The first-order chi connectivity index (χ1) is 6.24. The summed E-state index contributed by atoms with van der Waals surface area (Å²) in [5.41, 5.74) is 1.30. The Morgan fingerprint density at radius 1 is 1.46 bits per heavy atom. The Hall–Kier alpha value is -0.800. The third-order valence-corrected chi connectivity index (χ3v) is 3.13. The summed E-state index contributed by atoms with van der Waals surface area (Å²) in [6.45, 7) is 0. The van der Waals surface area contributed by atoms with Crippen LogP contribution >= 0.6 is 27.5 Å². The average molecular weight is 257 g/mol. The Balaban J connectivity index is 2.93. The van der Waals surface area contributed by atoms with Crippen molar-refractivity contribution in [3.8, 4) is 0 Å². The number of carbonyl (C=O) groups excluding carboxylic acids is 1. The van der Waals surface area contributed by atoms with Crippen LogP contribution in [0.5, 0.6) is 0 Å². The summed E-state index contributed by atoms with van der Waals surface area (Å²) in [5.74, 6) is 0. The van der Waals surface area contributed by atoms with Crippen molar-refractivity contribution in [1.29, 1.82) is 0 Å². The average Bonchev–Trinajstić information content (AvgIpc) is 2.55. The lowest BCUT2D eigenvalue weighted by Gasteiger charge is -1.97. The molecule has 1 radical (unpaired) electrons. The SMILES string of the molecule is O=[C]c1c[nH]c2ccc(Br)c(Cl)c12. The lowest BCUT2D eigenvalue weighted by molar-refractivity contribution is 0.563. The first-order valence-corrected chi connectivity index (χ1v) is 4.74. The van der Waals surface area contributed by atoms with E-state index in [-0.39, 0.29) is 0 Å². The molecule has 0 atom stereocenters. The van der Waals surface area contributed by atoms with Gasteiger partial charge in [-0.25, -0.2) is 0 Å². The molecular weight excluding hydrogens is 253 g/mol. The molecule has 0 aliphatic carbocycles. The highest BCUT2D eigenvalue weighted by atomic mass is 79.9. The van der Waals surface area contributed by atoms with Gasteiger partial charge in [0.25, 0.3) is 0 Å². The zero-order valence-corrected chi connectivity index (χ0v) is 8.74. The van der Waals surface area contributed by atoms with Gasteiger partial charge in [0.1, 0.15) is 0 Å². The molecule has 1 N–H and O–H groups in total. The molecule has 0 aliphatic rings. The Bertz CT molecular complexity index is 478. The van der Waals surface area contributed by atoms with Gasteiger partial charge >= 0.3 is 0 Å². The highest BCUT2D eigenvalue weighted by Gasteiger charge is 2.09.